The van der Waals surface area contributed by atoms with Gasteiger partial charge in [0.1, 0.15) is 5.69 Å². The van der Waals surface area contributed by atoms with Crippen molar-refractivity contribution in [2.45, 2.75) is 0 Å². The highest BCUT2D eigenvalue weighted by Gasteiger charge is 2.18. The third-order valence-corrected chi connectivity index (χ3v) is 5.09. The van der Waals surface area contributed by atoms with Crippen LogP contribution in [0.2, 0.25) is 5.02 Å². The van der Waals surface area contributed by atoms with Gasteiger partial charge >= 0.3 is 0 Å². The predicted molar refractivity (Wildman–Crippen MR) is 117 cm³/mol. The molecule has 4 aromatic rings. The highest BCUT2D eigenvalue weighted by atomic mass is 79.9. The summed E-state index contributed by atoms with van der Waals surface area (Å²) in [5.41, 5.74) is 2.38. The van der Waals surface area contributed by atoms with E-state index in [-0.39, 0.29) is 11.2 Å². The molecule has 3 aromatic carbocycles. The van der Waals surface area contributed by atoms with E-state index in [9.17, 15) is 9.59 Å². The number of nitrogens with one attached hydrogen (secondary N) is 2. The number of halogens is 2. The SMILES string of the molecule is O=C(Nc1c(-c2ccccc2)c2cc(Br)ccc2[nH]c1=O)c1cccc(Cl)c1. The fourth-order valence-electron chi connectivity index (χ4n) is 3.10. The van der Waals surface area contributed by atoms with E-state index in [1.54, 1.807) is 24.3 Å². The number of rotatable bonds is 3. The second kappa shape index (κ2) is 7.62. The minimum Gasteiger partial charge on any atom is -0.320 e. The maximum Gasteiger partial charge on any atom is 0.272 e. The zero-order valence-electron chi connectivity index (χ0n) is 14.5. The van der Waals surface area contributed by atoms with Crippen LogP contribution in [0.3, 0.4) is 0 Å². The Kier molecular flexibility index (Phi) is 5.03. The van der Waals surface area contributed by atoms with E-state index in [0.717, 1.165) is 15.4 Å². The number of benzene rings is 3. The quantitative estimate of drug-likeness (QED) is 0.408. The minimum atomic E-state index is -0.403. The van der Waals surface area contributed by atoms with Crippen LogP contribution in [0.5, 0.6) is 0 Å². The summed E-state index contributed by atoms with van der Waals surface area (Å²) in [6.45, 7) is 0. The molecule has 0 aliphatic heterocycles. The maximum atomic E-state index is 12.8. The molecule has 1 amide bonds. The van der Waals surface area contributed by atoms with Crippen LogP contribution in [-0.4, -0.2) is 10.9 Å². The molecule has 1 aromatic heterocycles. The van der Waals surface area contributed by atoms with Crippen molar-refractivity contribution in [3.63, 3.8) is 0 Å². The molecular weight excluding hydrogens is 440 g/mol. The molecule has 0 spiro atoms. The predicted octanol–water partition coefficient (Wildman–Crippen LogP) is 5.86. The van der Waals surface area contributed by atoms with Gasteiger partial charge in [0, 0.05) is 31.5 Å². The summed E-state index contributed by atoms with van der Waals surface area (Å²) >= 11 is 9.48. The molecule has 0 saturated carbocycles. The normalized spacial score (nSPS) is 10.8. The smallest absolute Gasteiger partial charge is 0.272 e. The average molecular weight is 454 g/mol. The Morgan fingerprint density at radius 2 is 1.75 bits per heavy atom. The van der Waals surface area contributed by atoms with Crippen LogP contribution in [0, 0.1) is 0 Å². The van der Waals surface area contributed by atoms with E-state index >= 15 is 0 Å². The number of H-pyrrole nitrogens is 1. The zero-order chi connectivity index (χ0) is 19.7. The molecule has 4 nitrogen and oxygen atoms in total. The Bertz CT molecular complexity index is 1250. The number of carbonyl (C=O) groups is 1. The van der Waals surface area contributed by atoms with E-state index in [1.165, 1.54) is 0 Å². The second-order valence-corrected chi connectivity index (χ2v) is 7.58. The molecule has 0 bridgehead atoms. The Morgan fingerprint density at radius 3 is 2.50 bits per heavy atom. The number of carbonyl (C=O) groups excluding carboxylic acids is 1. The van der Waals surface area contributed by atoms with E-state index in [4.69, 9.17) is 11.6 Å². The molecule has 0 aliphatic carbocycles. The van der Waals surface area contributed by atoms with Crippen LogP contribution < -0.4 is 10.9 Å². The summed E-state index contributed by atoms with van der Waals surface area (Å²) in [7, 11) is 0. The standard InChI is InChI=1S/C22H14BrClN2O2/c23-15-9-10-18-17(12-15)19(13-5-2-1-3-6-13)20(22(28)25-18)26-21(27)14-7-4-8-16(24)11-14/h1-12H,(H,25,28)(H,26,27). The summed E-state index contributed by atoms with van der Waals surface area (Å²) < 4.78 is 0.872. The summed E-state index contributed by atoms with van der Waals surface area (Å²) in [4.78, 5) is 28.5. The second-order valence-electron chi connectivity index (χ2n) is 6.22. The molecule has 0 radical (unpaired) electrons. The topological polar surface area (TPSA) is 62.0 Å². The van der Waals surface area contributed by atoms with Gasteiger partial charge in [-0.3, -0.25) is 9.59 Å². The first-order valence-electron chi connectivity index (χ1n) is 8.51. The number of anilines is 1. The maximum absolute atomic E-state index is 12.8. The number of pyridine rings is 1. The van der Waals surface area contributed by atoms with Crippen LogP contribution in [0.4, 0.5) is 5.69 Å². The van der Waals surface area contributed by atoms with Crippen LogP contribution in [-0.2, 0) is 0 Å². The Morgan fingerprint density at radius 1 is 0.964 bits per heavy atom. The summed E-state index contributed by atoms with van der Waals surface area (Å²) in [6.07, 6.45) is 0. The monoisotopic (exact) mass is 452 g/mol. The van der Waals surface area contributed by atoms with Gasteiger partial charge < -0.3 is 10.3 Å². The largest absolute Gasteiger partial charge is 0.320 e. The summed E-state index contributed by atoms with van der Waals surface area (Å²) in [6, 6.07) is 21.7. The van der Waals surface area contributed by atoms with Gasteiger partial charge in [-0.05, 0) is 42.0 Å². The first-order valence-corrected chi connectivity index (χ1v) is 9.68. The molecule has 0 atom stereocenters. The molecule has 2 N–H and O–H groups in total. The number of aromatic amines is 1. The van der Waals surface area contributed by atoms with E-state index in [0.29, 0.717) is 21.7 Å². The van der Waals surface area contributed by atoms with Crippen LogP contribution in [0.15, 0.2) is 82.1 Å². The van der Waals surface area contributed by atoms with Crippen molar-refractivity contribution in [1.82, 2.24) is 4.98 Å². The lowest BCUT2D eigenvalue weighted by Gasteiger charge is -2.14. The number of aromatic nitrogens is 1. The lowest BCUT2D eigenvalue weighted by Crippen LogP contribution is -2.21. The molecule has 0 fully saturated rings. The highest BCUT2D eigenvalue weighted by molar-refractivity contribution is 9.10. The molecule has 0 aliphatic rings. The van der Waals surface area contributed by atoms with Crippen molar-refractivity contribution in [2.75, 3.05) is 5.32 Å². The van der Waals surface area contributed by atoms with E-state index < -0.39 is 5.91 Å². The minimum absolute atomic E-state index is 0.196. The van der Waals surface area contributed by atoms with Gasteiger partial charge in [-0.15, -0.1) is 0 Å². The van der Waals surface area contributed by atoms with E-state index in [2.05, 4.69) is 26.2 Å². The Balaban J connectivity index is 1.93. The van der Waals surface area contributed by atoms with Crippen molar-refractivity contribution >= 4 is 50.0 Å². The van der Waals surface area contributed by atoms with Crippen LogP contribution in [0.1, 0.15) is 10.4 Å². The average Bonchev–Trinajstić information content (AvgIpc) is 2.69. The molecule has 4 rings (SSSR count). The molecule has 0 unspecified atom stereocenters. The van der Waals surface area contributed by atoms with Crippen molar-refractivity contribution < 1.29 is 4.79 Å². The first-order chi connectivity index (χ1) is 13.5. The Hall–Kier alpha value is -2.89. The fraction of sp³-hybridized carbons (Fsp3) is 0. The number of amides is 1. The van der Waals surface area contributed by atoms with E-state index in [1.807, 2.05) is 48.5 Å². The van der Waals surface area contributed by atoms with Gasteiger partial charge in [-0.25, -0.2) is 0 Å². The molecule has 28 heavy (non-hydrogen) atoms. The number of fused-ring (bicyclic) bond motifs is 1. The van der Waals surface area contributed by atoms with Crippen molar-refractivity contribution in [3.05, 3.63) is 98.2 Å². The van der Waals surface area contributed by atoms with Gasteiger partial charge in [0.2, 0.25) is 0 Å². The van der Waals surface area contributed by atoms with Gasteiger partial charge in [-0.2, -0.15) is 0 Å². The first kappa shape index (κ1) is 18.5. The van der Waals surface area contributed by atoms with Crippen molar-refractivity contribution in [1.29, 1.82) is 0 Å². The lowest BCUT2D eigenvalue weighted by molar-refractivity contribution is 0.102. The fourth-order valence-corrected chi connectivity index (χ4v) is 3.66. The van der Waals surface area contributed by atoms with Crippen molar-refractivity contribution in [2.24, 2.45) is 0 Å². The van der Waals surface area contributed by atoms with Gasteiger partial charge in [0.05, 0.1) is 0 Å². The molecular formula is C22H14BrClN2O2. The lowest BCUT2D eigenvalue weighted by atomic mass is 9.99. The Labute approximate surface area is 174 Å². The molecule has 0 saturated heterocycles. The zero-order valence-corrected chi connectivity index (χ0v) is 16.8. The third kappa shape index (κ3) is 3.59. The molecule has 6 heteroatoms. The van der Waals surface area contributed by atoms with Crippen LogP contribution >= 0.6 is 27.5 Å². The van der Waals surface area contributed by atoms with Crippen molar-refractivity contribution in [3.8, 4) is 11.1 Å². The number of hydrogen-bond acceptors (Lipinski definition) is 2. The summed E-state index contributed by atoms with van der Waals surface area (Å²) in [5.74, 6) is -0.403. The van der Waals surface area contributed by atoms with Gasteiger partial charge in [0.25, 0.3) is 11.5 Å². The van der Waals surface area contributed by atoms with Gasteiger partial charge in [-0.1, -0.05) is 63.9 Å². The molecule has 1 heterocycles. The van der Waals surface area contributed by atoms with Gasteiger partial charge in [0.15, 0.2) is 0 Å². The molecule has 138 valence electrons. The highest BCUT2D eigenvalue weighted by Crippen LogP contribution is 2.34. The summed E-state index contributed by atoms with van der Waals surface area (Å²) in [5, 5.41) is 4.05. The third-order valence-electron chi connectivity index (χ3n) is 4.36. The number of hydrogen-bond donors (Lipinski definition) is 2. The van der Waals surface area contributed by atoms with Crippen LogP contribution in [0.25, 0.3) is 22.0 Å².